The average Bonchev–Trinajstić information content (AvgIpc) is 1.81. The molecule has 3 heteroatoms. The number of hydrogen-bond acceptors (Lipinski definition) is 2. The van der Waals surface area contributed by atoms with Gasteiger partial charge in [0.2, 0.25) is 5.91 Å². The van der Waals surface area contributed by atoms with Gasteiger partial charge in [0, 0.05) is 6.61 Å². The molecule has 0 aromatic rings. The Morgan fingerprint density at radius 2 is 2.10 bits per heavy atom. The van der Waals surface area contributed by atoms with Gasteiger partial charge in [0.05, 0.1) is 0 Å². The molecule has 0 aliphatic rings. The van der Waals surface area contributed by atoms with Gasteiger partial charge in [-0.2, -0.15) is 0 Å². The second kappa shape index (κ2) is 4.28. The van der Waals surface area contributed by atoms with E-state index < -0.39 is 6.10 Å². The van der Waals surface area contributed by atoms with Gasteiger partial charge in [-0.05, 0) is 12.8 Å². The van der Waals surface area contributed by atoms with E-state index in [0.717, 1.165) is 0 Å². The van der Waals surface area contributed by atoms with E-state index in [-0.39, 0.29) is 11.8 Å². The molecule has 0 aromatic carbocycles. The van der Waals surface area contributed by atoms with Crippen LogP contribution in [-0.4, -0.2) is 18.6 Å². The Morgan fingerprint density at radius 3 is 2.20 bits per heavy atom. The Bertz CT molecular complexity index is 112. The summed E-state index contributed by atoms with van der Waals surface area (Å²) in [6.07, 6.45) is -0.426. The molecule has 60 valence electrons. The Hall–Kier alpha value is -0.570. The van der Waals surface area contributed by atoms with Crippen LogP contribution in [0.15, 0.2) is 0 Å². The van der Waals surface area contributed by atoms with Crippen LogP contribution in [0.4, 0.5) is 0 Å². The van der Waals surface area contributed by atoms with Gasteiger partial charge in [-0.1, -0.05) is 13.8 Å². The van der Waals surface area contributed by atoms with Crippen LogP contribution in [0, 0.1) is 5.92 Å². The highest BCUT2D eigenvalue weighted by atomic mass is 16.5. The monoisotopic (exact) mass is 145 g/mol. The van der Waals surface area contributed by atoms with Crippen LogP contribution in [0.1, 0.15) is 20.8 Å². The van der Waals surface area contributed by atoms with Crippen LogP contribution in [-0.2, 0) is 9.53 Å². The molecule has 0 radical (unpaired) electrons. The molecule has 3 nitrogen and oxygen atoms in total. The van der Waals surface area contributed by atoms with Gasteiger partial charge in [0.25, 0.3) is 0 Å². The smallest absolute Gasteiger partial charge is 0.246 e. The molecular formula is C7H15NO2. The Labute approximate surface area is 61.5 Å². The zero-order chi connectivity index (χ0) is 8.15. The summed E-state index contributed by atoms with van der Waals surface area (Å²) in [5.41, 5.74) is 5.06. The average molecular weight is 145 g/mol. The Balaban J connectivity index is 3.85. The van der Waals surface area contributed by atoms with E-state index in [0.29, 0.717) is 6.61 Å². The number of carbonyl (C=O) groups excluding carboxylic acids is 1. The molecule has 0 heterocycles. The first-order valence-electron chi connectivity index (χ1n) is 3.50. The molecule has 0 saturated heterocycles. The van der Waals surface area contributed by atoms with E-state index in [1.54, 1.807) is 0 Å². The highest BCUT2D eigenvalue weighted by molar-refractivity contribution is 5.79. The van der Waals surface area contributed by atoms with E-state index in [1.165, 1.54) is 0 Å². The molecule has 0 saturated carbocycles. The van der Waals surface area contributed by atoms with Crippen LogP contribution < -0.4 is 5.73 Å². The zero-order valence-corrected chi connectivity index (χ0v) is 6.76. The lowest BCUT2D eigenvalue weighted by molar-refractivity contribution is -0.131. The minimum atomic E-state index is -0.426. The van der Waals surface area contributed by atoms with E-state index in [2.05, 4.69) is 0 Å². The summed E-state index contributed by atoms with van der Waals surface area (Å²) in [6, 6.07) is 0. The molecule has 10 heavy (non-hydrogen) atoms. The van der Waals surface area contributed by atoms with Crippen LogP contribution in [0.3, 0.4) is 0 Å². The number of rotatable bonds is 4. The summed E-state index contributed by atoms with van der Waals surface area (Å²) < 4.78 is 5.09. The van der Waals surface area contributed by atoms with Gasteiger partial charge in [0.1, 0.15) is 6.10 Å². The standard InChI is InChI=1S/C7H15NO2/c1-4-10-6(5(2)3)7(8)9/h5-6H,4H2,1-3H3,(H2,8,9). The molecule has 0 rings (SSSR count). The topological polar surface area (TPSA) is 52.3 Å². The first kappa shape index (κ1) is 9.43. The van der Waals surface area contributed by atoms with E-state index >= 15 is 0 Å². The van der Waals surface area contributed by atoms with Crippen molar-refractivity contribution in [1.82, 2.24) is 0 Å². The summed E-state index contributed by atoms with van der Waals surface area (Å²) >= 11 is 0. The van der Waals surface area contributed by atoms with Crippen molar-refractivity contribution in [2.45, 2.75) is 26.9 Å². The molecule has 2 N–H and O–H groups in total. The lowest BCUT2D eigenvalue weighted by Gasteiger charge is -2.16. The number of ether oxygens (including phenoxy) is 1. The van der Waals surface area contributed by atoms with Crippen molar-refractivity contribution in [1.29, 1.82) is 0 Å². The van der Waals surface area contributed by atoms with Gasteiger partial charge in [0.15, 0.2) is 0 Å². The molecule has 0 aliphatic heterocycles. The maximum Gasteiger partial charge on any atom is 0.246 e. The molecular weight excluding hydrogens is 130 g/mol. The third kappa shape index (κ3) is 2.82. The van der Waals surface area contributed by atoms with Crippen molar-refractivity contribution in [3.05, 3.63) is 0 Å². The van der Waals surface area contributed by atoms with Crippen molar-refractivity contribution >= 4 is 5.91 Å². The second-order valence-corrected chi connectivity index (χ2v) is 2.52. The van der Waals surface area contributed by atoms with Crippen molar-refractivity contribution < 1.29 is 9.53 Å². The maximum absolute atomic E-state index is 10.6. The van der Waals surface area contributed by atoms with E-state index in [1.807, 2.05) is 20.8 Å². The minimum absolute atomic E-state index is 0.164. The number of hydrogen-bond donors (Lipinski definition) is 1. The molecule has 0 spiro atoms. The highest BCUT2D eigenvalue weighted by Crippen LogP contribution is 2.04. The summed E-state index contributed by atoms with van der Waals surface area (Å²) in [4.78, 5) is 10.6. The third-order valence-corrected chi connectivity index (χ3v) is 1.23. The molecule has 0 fully saturated rings. The molecule has 0 aromatic heterocycles. The molecule has 1 amide bonds. The molecule has 0 bridgehead atoms. The molecule has 1 atom stereocenters. The normalized spacial score (nSPS) is 13.6. The number of primary amides is 1. The zero-order valence-electron chi connectivity index (χ0n) is 6.76. The maximum atomic E-state index is 10.6. The lowest BCUT2D eigenvalue weighted by atomic mass is 10.1. The molecule has 0 aliphatic carbocycles. The fourth-order valence-corrected chi connectivity index (χ4v) is 0.783. The summed E-state index contributed by atoms with van der Waals surface area (Å²) in [7, 11) is 0. The highest BCUT2D eigenvalue weighted by Gasteiger charge is 2.18. The van der Waals surface area contributed by atoms with Gasteiger partial charge >= 0.3 is 0 Å². The molecule has 1 unspecified atom stereocenters. The summed E-state index contributed by atoms with van der Waals surface area (Å²) in [6.45, 7) is 6.19. The quantitative estimate of drug-likeness (QED) is 0.627. The van der Waals surface area contributed by atoms with Gasteiger partial charge in [-0.25, -0.2) is 0 Å². The number of amides is 1. The predicted molar refractivity (Wildman–Crippen MR) is 39.4 cm³/mol. The Kier molecular flexibility index (Phi) is 4.03. The van der Waals surface area contributed by atoms with Crippen molar-refractivity contribution in [2.24, 2.45) is 11.7 Å². The van der Waals surface area contributed by atoms with Crippen molar-refractivity contribution in [2.75, 3.05) is 6.61 Å². The van der Waals surface area contributed by atoms with Gasteiger partial charge in [-0.15, -0.1) is 0 Å². The summed E-state index contributed by atoms with van der Waals surface area (Å²) in [5.74, 6) is -0.214. The first-order chi connectivity index (χ1) is 4.59. The summed E-state index contributed by atoms with van der Waals surface area (Å²) in [5, 5.41) is 0. The van der Waals surface area contributed by atoms with Gasteiger partial charge in [-0.3, -0.25) is 4.79 Å². The minimum Gasteiger partial charge on any atom is -0.368 e. The lowest BCUT2D eigenvalue weighted by Crippen LogP contribution is -2.35. The van der Waals surface area contributed by atoms with E-state index in [9.17, 15) is 4.79 Å². The predicted octanol–water partition coefficient (Wildman–Crippen LogP) is 0.533. The van der Waals surface area contributed by atoms with Crippen LogP contribution >= 0.6 is 0 Å². The van der Waals surface area contributed by atoms with Crippen LogP contribution in [0.2, 0.25) is 0 Å². The van der Waals surface area contributed by atoms with Crippen LogP contribution in [0.25, 0.3) is 0 Å². The Morgan fingerprint density at radius 1 is 1.60 bits per heavy atom. The first-order valence-corrected chi connectivity index (χ1v) is 3.50. The van der Waals surface area contributed by atoms with Gasteiger partial charge < -0.3 is 10.5 Å². The fraction of sp³-hybridized carbons (Fsp3) is 0.857. The number of carbonyl (C=O) groups is 1. The third-order valence-electron chi connectivity index (χ3n) is 1.23. The fourth-order valence-electron chi connectivity index (χ4n) is 0.783. The van der Waals surface area contributed by atoms with Crippen molar-refractivity contribution in [3.63, 3.8) is 0 Å². The second-order valence-electron chi connectivity index (χ2n) is 2.52. The number of nitrogens with two attached hydrogens (primary N) is 1. The van der Waals surface area contributed by atoms with Crippen molar-refractivity contribution in [3.8, 4) is 0 Å². The largest absolute Gasteiger partial charge is 0.368 e. The SMILES string of the molecule is CCOC(C(N)=O)C(C)C. The van der Waals surface area contributed by atoms with E-state index in [4.69, 9.17) is 10.5 Å². The van der Waals surface area contributed by atoms with Crippen LogP contribution in [0.5, 0.6) is 0 Å².